The Hall–Kier alpha value is -1.42. The molecule has 0 N–H and O–H groups in total. The molecule has 0 unspecified atom stereocenters. The second kappa shape index (κ2) is 6.35. The summed E-state index contributed by atoms with van der Waals surface area (Å²) in [5.41, 5.74) is 1.04. The van der Waals surface area contributed by atoms with Gasteiger partial charge < -0.3 is 19.1 Å². The van der Waals surface area contributed by atoms with E-state index >= 15 is 0 Å². The molecule has 0 aliphatic carbocycles. The molecule has 0 bridgehead atoms. The fraction of sp³-hybridized carbons (Fsp3) is 0.538. The lowest BCUT2D eigenvalue weighted by molar-refractivity contribution is 0.245. The maximum Gasteiger partial charge on any atom is 0.203 e. The predicted molar refractivity (Wildman–Crippen MR) is 68.3 cm³/mol. The average Bonchev–Trinajstić information content (AvgIpc) is 2.30. The molecule has 1 aromatic carbocycles. The van der Waals surface area contributed by atoms with Gasteiger partial charge in [-0.2, -0.15) is 0 Å². The molecule has 0 fully saturated rings. The Morgan fingerprint density at radius 2 is 1.76 bits per heavy atom. The van der Waals surface area contributed by atoms with Gasteiger partial charge in [0, 0.05) is 6.54 Å². The zero-order valence-electron chi connectivity index (χ0n) is 11.2. The summed E-state index contributed by atoms with van der Waals surface area (Å²) in [5, 5.41) is 0. The van der Waals surface area contributed by atoms with Crippen LogP contribution in [0.15, 0.2) is 12.1 Å². The van der Waals surface area contributed by atoms with E-state index in [1.54, 1.807) is 14.2 Å². The lowest BCUT2D eigenvalue weighted by atomic mass is 10.2. The van der Waals surface area contributed by atoms with Gasteiger partial charge in [0.2, 0.25) is 5.75 Å². The van der Waals surface area contributed by atoms with Crippen molar-refractivity contribution >= 4 is 0 Å². The third-order valence-corrected chi connectivity index (χ3v) is 2.48. The fourth-order valence-corrected chi connectivity index (χ4v) is 1.51. The van der Waals surface area contributed by atoms with E-state index in [1.807, 2.05) is 33.2 Å². The third kappa shape index (κ3) is 3.53. The van der Waals surface area contributed by atoms with E-state index < -0.39 is 0 Å². The van der Waals surface area contributed by atoms with Crippen LogP contribution in [0.2, 0.25) is 0 Å². The Morgan fingerprint density at radius 3 is 2.29 bits per heavy atom. The zero-order chi connectivity index (χ0) is 12.8. The molecule has 0 spiro atoms. The van der Waals surface area contributed by atoms with Gasteiger partial charge in [-0.3, -0.25) is 0 Å². The van der Waals surface area contributed by atoms with Gasteiger partial charge in [-0.05, 0) is 32.6 Å². The highest BCUT2D eigenvalue weighted by Gasteiger charge is 2.13. The van der Waals surface area contributed by atoms with Gasteiger partial charge in [0.05, 0.1) is 14.2 Å². The molecule has 17 heavy (non-hydrogen) atoms. The Morgan fingerprint density at radius 1 is 1.06 bits per heavy atom. The smallest absolute Gasteiger partial charge is 0.203 e. The van der Waals surface area contributed by atoms with Gasteiger partial charge in [-0.25, -0.2) is 0 Å². The maximum absolute atomic E-state index is 5.77. The van der Waals surface area contributed by atoms with Crippen molar-refractivity contribution in [1.29, 1.82) is 0 Å². The van der Waals surface area contributed by atoms with E-state index in [0.29, 0.717) is 18.1 Å². The highest BCUT2D eigenvalue weighted by atomic mass is 16.5. The van der Waals surface area contributed by atoms with Crippen molar-refractivity contribution in [3.8, 4) is 17.2 Å². The predicted octanol–water partition coefficient (Wildman–Crippen LogP) is 1.95. The molecule has 0 aliphatic rings. The van der Waals surface area contributed by atoms with Gasteiger partial charge in [0.25, 0.3) is 0 Å². The topological polar surface area (TPSA) is 30.9 Å². The summed E-state index contributed by atoms with van der Waals surface area (Å²) >= 11 is 0. The van der Waals surface area contributed by atoms with Crippen LogP contribution < -0.4 is 14.2 Å². The number of hydrogen-bond acceptors (Lipinski definition) is 4. The number of methoxy groups -OCH3 is 2. The molecule has 96 valence electrons. The van der Waals surface area contributed by atoms with E-state index in [0.717, 1.165) is 17.9 Å². The van der Waals surface area contributed by atoms with Crippen LogP contribution in [-0.2, 0) is 0 Å². The van der Waals surface area contributed by atoms with E-state index in [9.17, 15) is 0 Å². The van der Waals surface area contributed by atoms with Crippen LogP contribution in [0.25, 0.3) is 0 Å². The van der Waals surface area contributed by atoms with Gasteiger partial charge in [-0.1, -0.05) is 6.07 Å². The van der Waals surface area contributed by atoms with E-state index in [2.05, 4.69) is 4.90 Å². The second-order valence-electron chi connectivity index (χ2n) is 4.10. The van der Waals surface area contributed by atoms with Crippen LogP contribution in [0, 0.1) is 6.92 Å². The second-order valence-corrected chi connectivity index (χ2v) is 4.10. The zero-order valence-corrected chi connectivity index (χ0v) is 11.2. The minimum atomic E-state index is 0.622. The minimum Gasteiger partial charge on any atom is -0.493 e. The molecule has 0 saturated carbocycles. The summed E-state index contributed by atoms with van der Waals surface area (Å²) in [4.78, 5) is 2.07. The number of benzene rings is 1. The minimum absolute atomic E-state index is 0.622. The molecule has 4 heteroatoms. The first-order valence-electron chi connectivity index (χ1n) is 5.59. The molecule has 0 atom stereocenters. The molecule has 0 amide bonds. The number of likely N-dealkylation sites (N-methyl/N-ethyl adjacent to an activating group) is 1. The summed E-state index contributed by atoms with van der Waals surface area (Å²) < 4.78 is 16.4. The molecule has 1 rings (SSSR count). The number of rotatable bonds is 6. The Bertz CT molecular complexity index is 364. The highest BCUT2D eigenvalue weighted by molar-refractivity contribution is 5.55. The van der Waals surface area contributed by atoms with Crippen molar-refractivity contribution in [3.63, 3.8) is 0 Å². The number of hydrogen-bond donors (Lipinski definition) is 0. The largest absolute Gasteiger partial charge is 0.493 e. The van der Waals surface area contributed by atoms with Crippen LogP contribution >= 0.6 is 0 Å². The first-order valence-corrected chi connectivity index (χ1v) is 5.59. The Labute approximate surface area is 103 Å². The summed E-state index contributed by atoms with van der Waals surface area (Å²) in [6, 6.07) is 3.85. The average molecular weight is 239 g/mol. The lowest BCUT2D eigenvalue weighted by Crippen LogP contribution is -2.19. The summed E-state index contributed by atoms with van der Waals surface area (Å²) in [7, 11) is 7.27. The van der Waals surface area contributed by atoms with Crippen LogP contribution in [0.3, 0.4) is 0 Å². The normalized spacial score (nSPS) is 10.5. The molecule has 4 nitrogen and oxygen atoms in total. The summed E-state index contributed by atoms with van der Waals surface area (Å²) in [5.74, 6) is 2.11. The van der Waals surface area contributed by atoms with E-state index in [4.69, 9.17) is 14.2 Å². The molecule has 1 aromatic rings. The Balaban J connectivity index is 2.87. The van der Waals surface area contributed by atoms with Crippen molar-refractivity contribution in [3.05, 3.63) is 17.7 Å². The van der Waals surface area contributed by atoms with Crippen LogP contribution in [0.4, 0.5) is 0 Å². The monoisotopic (exact) mass is 239 g/mol. The molecule has 0 aromatic heterocycles. The Kier molecular flexibility index (Phi) is 5.10. The van der Waals surface area contributed by atoms with Crippen molar-refractivity contribution in [2.24, 2.45) is 0 Å². The quantitative estimate of drug-likeness (QED) is 0.759. The van der Waals surface area contributed by atoms with Crippen molar-refractivity contribution in [1.82, 2.24) is 4.90 Å². The summed E-state index contributed by atoms with van der Waals surface area (Å²) in [6.45, 7) is 3.48. The molecule has 0 aliphatic heterocycles. The van der Waals surface area contributed by atoms with Crippen LogP contribution in [0.1, 0.15) is 5.56 Å². The SMILES string of the molecule is COc1ccc(C)c(OCCN(C)C)c1OC. The molecule has 0 saturated heterocycles. The number of aryl methyl sites for hydroxylation is 1. The van der Waals surface area contributed by atoms with Crippen LogP contribution in [0.5, 0.6) is 17.2 Å². The van der Waals surface area contributed by atoms with Gasteiger partial charge in [0.15, 0.2) is 11.5 Å². The van der Waals surface area contributed by atoms with Crippen molar-refractivity contribution in [2.75, 3.05) is 41.5 Å². The van der Waals surface area contributed by atoms with Gasteiger partial charge in [-0.15, -0.1) is 0 Å². The van der Waals surface area contributed by atoms with Crippen molar-refractivity contribution < 1.29 is 14.2 Å². The first-order chi connectivity index (χ1) is 8.10. The number of nitrogens with zero attached hydrogens (tertiary/aromatic N) is 1. The number of ether oxygens (including phenoxy) is 3. The highest BCUT2D eigenvalue weighted by Crippen LogP contribution is 2.39. The third-order valence-electron chi connectivity index (χ3n) is 2.48. The lowest BCUT2D eigenvalue weighted by Gasteiger charge is -2.17. The molecule has 0 heterocycles. The molecular formula is C13H21NO3. The van der Waals surface area contributed by atoms with Gasteiger partial charge >= 0.3 is 0 Å². The molecule has 0 radical (unpaired) electrons. The van der Waals surface area contributed by atoms with Gasteiger partial charge in [0.1, 0.15) is 6.61 Å². The van der Waals surface area contributed by atoms with Crippen LogP contribution in [-0.4, -0.2) is 46.4 Å². The standard InChI is InChI=1S/C13H21NO3/c1-10-6-7-11(15-4)13(16-5)12(10)17-9-8-14(2)3/h6-7H,8-9H2,1-5H3. The maximum atomic E-state index is 5.77. The molecular weight excluding hydrogens is 218 g/mol. The first kappa shape index (κ1) is 13.6. The fourth-order valence-electron chi connectivity index (χ4n) is 1.51. The van der Waals surface area contributed by atoms with Crippen molar-refractivity contribution in [2.45, 2.75) is 6.92 Å². The van der Waals surface area contributed by atoms with E-state index in [-0.39, 0.29) is 0 Å². The van der Waals surface area contributed by atoms with E-state index in [1.165, 1.54) is 0 Å². The summed E-state index contributed by atoms with van der Waals surface area (Å²) in [6.07, 6.45) is 0.